The fourth-order valence-corrected chi connectivity index (χ4v) is 3.89. The molecule has 0 aromatic heterocycles. The molecule has 11 heteroatoms. The Kier molecular flexibility index (Phi) is 4.53. The van der Waals surface area contributed by atoms with Gasteiger partial charge < -0.3 is 5.32 Å². The normalized spacial score (nSPS) is 14.1. The third-order valence-corrected chi connectivity index (χ3v) is 5.45. The van der Waals surface area contributed by atoms with Gasteiger partial charge in [-0.15, -0.1) is 0 Å². The van der Waals surface area contributed by atoms with Crippen molar-refractivity contribution < 1.29 is 28.9 Å². The molecule has 3 aromatic carbocycles. The van der Waals surface area contributed by atoms with E-state index in [2.05, 4.69) is 10.6 Å². The minimum atomic E-state index is -0.862. The lowest BCUT2D eigenvalue weighted by Crippen LogP contribution is -2.29. The standard InChI is InChI=1S/C23H12N4O7/c28-19(24-12-7-8-14-16(10-12)21(30)25-20(14)29)11-3-1-4-13(9-11)26-22(31)15-5-2-6-17(27(33)34)18(15)23(26)32/h1-10H,(H,24,28)(H,25,29,30). The lowest BCUT2D eigenvalue weighted by molar-refractivity contribution is -0.385. The summed E-state index contributed by atoms with van der Waals surface area (Å²) in [6.45, 7) is 0. The molecule has 5 amide bonds. The molecule has 34 heavy (non-hydrogen) atoms. The highest BCUT2D eigenvalue weighted by Gasteiger charge is 2.42. The van der Waals surface area contributed by atoms with E-state index in [4.69, 9.17) is 0 Å². The van der Waals surface area contributed by atoms with Crippen molar-refractivity contribution in [1.82, 2.24) is 5.32 Å². The van der Waals surface area contributed by atoms with Gasteiger partial charge in [-0.3, -0.25) is 39.4 Å². The van der Waals surface area contributed by atoms with E-state index in [-0.39, 0.29) is 39.2 Å². The lowest BCUT2D eigenvalue weighted by atomic mass is 10.1. The topological polar surface area (TPSA) is 156 Å². The average Bonchev–Trinajstić information content (AvgIpc) is 3.25. The van der Waals surface area contributed by atoms with Gasteiger partial charge in [-0.25, -0.2) is 4.90 Å². The van der Waals surface area contributed by atoms with Crippen LogP contribution in [-0.2, 0) is 0 Å². The van der Waals surface area contributed by atoms with Crippen molar-refractivity contribution in [1.29, 1.82) is 0 Å². The second-order valence-electron chi connectivity index (χ2n) is 7.45. The molecule has 2 aliphatic heterocycles. The maximum Gasteiger partial charge on any atom is 0.283 e. The number of nitro benzene ring substituents is 1. The summed E-state index contributed by atoms with van der Waals surface area (Å²) in [5.41, 5.74) is -0.148. The Bertz CT molecular complexity index is 1490. The van der Waals surface area contributed by atoms with Crippen molar-refractivity contribution in [2.75, 3.05) is 10.2 Å². The minimum Gasteiger partial charge on any atom is -0.322 e. The quantitative estimate of drug-likeness (QED) is 0.347. The third-order valence-electron chi connectivity index (χ3n) is 5.45. The SMILES string of the molecule is O=C(Nc1ccc2c(c1)C(=O)NC2=O)c1cccc(N2C(=O)c3cccc([N+](=O)[O-])c3C2=O)c1. The van der Waals surface area contributed by atoms with Crippen LogP contribution in [0, 0.1) is 10.1 Å². The number of carbonyl (C=O) groups is 5. The van der Waals surface area contributed by atoms with Gasteiger partial charge in [0.1, 0.15) is 5.56 Å². The van der Waals surface area contributed by atoms with E-state index in [0.717, 1.165) is 11.0 Å². The van der Waals surface area contributed by atoms with Gasteiger partial charge in [-0.2, -0.15) is 0 Å². The number of imide groups is 2. The monoisotopic (exact) mass is 456 g/mol. The molecule has 2 N–H and O–H groups in total. The molecule has 166 valence electrons. The smallest absolute Gasteiger partial charge is 0.283 e. The molecular weight excluding hydrogens is 444 g/mol. The predicted molar refractivity (Wildman–Crippen MR) is 117 cm³/mol. The Hall–Kier alpha value is -5.19. The largest absolute Gasteiger partial charge is 0.322 e. The van der Waals surface area contributed by atoms with Crippen LogP contribution in [0.15, 0.2) is 60.7 Å². The van der Waals surface area contributed by atoms with Crippen molar-refractivity contribution in [3.8, 4) is 0 Å². The number of amides is 5. The number of carbonyl (C=O) groups excluding carboxylic acids is 5. The van der Waals surface area contributed by atoms with Crippen LogP contribution in [-0.4, -0.2) is 34.5 Å². The number of nitrogens with zero attached hydrogens (tertiary/aromatic N) is 2. The van der Waals surface area contributed by atoms with E-state index in [0.29, 0.717) is 0 Å². The summed E-state index contributed by atoms with van der Waals surface area (Å²) in [5, 5.41) is 16.1. The molecule has 2 aliphatic rings. The van der Waals surface area contributed by atoms with Gasteiger partial charge in [-0.05, 0) is 42.5 Å². The highest BCUT2D eigenvalue weighted by atomic mass is 16.6. The summed E-state index contributed by atoms with van der Waals surface area (Å²) in [6.07, 6.45) is 0. The molecular formula is C23H12N4O7. The highest BCUT2D eigenvalue weighted by Crippen LogP contribution is 2.34. The van der Waals surface area contributed by atoms with E-state index < -0.39 is 40.1 Å². The number of fused-ring (bicyclic) bond motifs is 2. The van der Waals surface area contributed by atoms with E-state index in [9.17, 15) is 34.1 Å². The molecule has 0 saturated carbocycles. The van der Waals surface area contributed by atoms with E-state index in [1.807, 2.05) is 0 Å². The Morgan fingerprint density at radius 2 is 1.59 bits per heavy atom. The molecule has 0 saturated heterocycles. The zero-order valence-electron chi connectivity index (χ0n) is 17.0. The molecule has 0 spiro atoms. The molecule has 2 heterocycles. The van der Waals surface area contributed by atoms with Crippen LogP contribution in [0.2, 0.25) is 0 Å². The third kappa shape index (κ3) is 3.11. The number of rotatable bonds is 4. The summed E-state index contributed by atoms with van der Waals surface area (Å²) < 4.78 is 0. The zero-order valence-corrected chi connectivity index (χ0v) is 17.0. The van der Waals surface area contributed by atoms with Crippen molar-refractivity contribution in [3.05, 3.63) is 98.6 Å². The first-order chi connectivity index (χ1) is 16.3. The van der Waals surface area contributed by atoms with Gasteiger partial charge in [0.25, 0.3) is 35.2 Å². The van der Waals surface area contributed by atoms with Crippen molar-refractivity contribution in [3.63, 3.8) is 0 Å². The average molecular weight is 456 g/mol. The number of benzene rings is 3. The van der Waals surface area contributed by atoms with Crippen molar-refractivity contribution in [2.24, 2.45) is 0 Å². The van der Waals surface area contributed by atoms with Crippen LogP contribution in [0.25, 0.3) is 0 Å². The number of nitrogens with one attached hydrogen (secondary N) is 2. The van der Waals surface area contributed by atoms with Crippen LogP contribution in [0.4, 0.5) is 17.1 Å². The maximum absolute atomic E-state index is 12.9. The summed E-state index contributed by atoms with van der Waals surface area (Å²) >= 11 is 0. The van der Waals surface area contributed by atoms with Gasteiger partial charge in [0.2, 0.25) is 0 Å². The first-order valence-electron chi connectivity index (χ1n) is 9.83. The first-order valence-corrected chi connectivity index (χ1v) is 9.83. The fourth-order valence-electron chi connectivity index (χ4n) is 3.89. The van der Waals surface area contributed by atoms with Crippen LogP contribution in [0.3, 0.4) is 0 Å². The molecule has 3 aromatic rings. The minimum absolute atomic E-state index is 0.0621. The number of nitro groups is 1. The van der Waals surface area contributed by atoms with Crippen LogP contribution >= 0.6 is 0 Å². The van der Waals surface area contributed by atoms with E-state index >= 15 is 0 Å². The van der Waals surface area contributed by atoms with E-state index in [1.165, 1.54) is 54.6 Å². The van der Waals surface area contributed by atoms with Crippen LogP contribution in [0.1, 0.15) is 51.8 Å². The van der Waals surface area contributed by atoms with Crippen LogP contribution in [0.5, 0.6) is 0 Å². The van der Waals surface area contributed by atoms with Gasteiger partial charge in [0.05, 0.1) is 27.3 Å². The number of hydrogen-bond acceptors (Lipinski definition) is 7. The van der Waals surface area contributed by atoms with Crippen molar-refractivity contribution in [2.45, 2.75) is 0 Å². The van der Waals surface area contributed by atoms with Gasteiger partial charge >= 0.3 is 0 Å². The number of anilines is 2. The predicted octanol–water partition coefficient (Wildman–Crippen LogP) is 2.53. The van der Waals surface area contributed by atoms with Crippen molar-refractivity contribution >= 4 is 46.6 Å². The molecule has 0 aliphatic carbocycles. The molecule has 0 unspecified atom stereocenters. The molecule has 0 atom stereocenters. The molecule has 0 fully saturated rings. The highest BCUT2D eigenvalue weighted by molar-refractivity contribution is 6.35. The Balaban J connectivity index is 1.43. The molecule has 0 radical (unpaired) electrons. The molecule has 0 bridgehead atoms. The summed E-state index contributed by atoms with van der Waals surface area (Å²) in [6, 6.07) is 13.6. The summed E-state index contributed by atoms with van der Waals surface area (Å²) in [5.74, 6) is -3.30. The van der Waals surface area contributed by atoms with E-state index in [1.54, 1.807) is 0 Å². The summed E-state index contributed by atoms with van der Waals surface area (Å²) in [7, 11) is 0. The Labute approximate surface area is 190 Å². The fraction of sp³-hybridized carbons (Fsp3) is 0. The van der Waals surface area contributed by atoms with Gasteiger partial charge in [0, 0.05) is 17.3 Å². The summed E-state index contributed by atoms with van der Waals surface area (Å²) in [4.78, 5) is 73.4. The Morgan fingerprint density at radius 3 is 2.35 bits per heavy atom. The zero-order chi connectivity index (χ0) is 24.1. The first kappa shape index (κ1) is 20.7. The lowest BCUT2D eigenvalue weighted by Gasteiger charge is -2.15. The molecule has 5 rings (SSSR count). The Morgan fingerprint density at radius 1 is 0.853 bits per heavy atom. The molecule has 11 nitrogen and oxygen atoms in total. The number of hydrogen-bond donors (Lipinski definition) is 2. The maximum atomic E-state index is 12.9. The van der Waals surface area contributed by atoms with Gasteiger partial charge in [0.15, 0.2) is 0 Å². The van der Waals surface area contributed by atoms with Gasteiger partial charge in [-0.1, -0.05) is 12.1 Å². The van der Waals surface area contributed by atoms with Crippen LogP contribution < -0.4 is 15.5 Å². The second kappa shape index (κ2) is 7.45. The second-order valence-corrected chi connectivity index (χ2v) is 7.45.